The second-order valence-corrected chi connectivity index (χ2v) is 5.35. The molecule has 78 valence electrons. The molecule has 0 spiro atoms. The van der Waals surface area contributed by atoms with E-state index in [0.29, 0.717) is 0 Å². The maximum Gasteiger partial charge on any atom is -0.0388 e. The van der Waals surface area contributed by atoms with E-state index in [1.54, 1.807) is 0 Å². The van der Waals surface area contributed by atoms with E-state index in [4.69, 9.17) is 0 Å². The molecule has 0 heterocycles. The van der Waals surface area contributed by atoms with Crippen molar-refractivity contribution in [2.75, 3.05) is 0 Å². The maximum atomic E-state index is 2.44. The van der Waals surface area contributed by atoms with Gasteiger partial charge in [0.2, 0.25) is 0 Å². The zero-order valence-electron chi connectivity index (χ0n) is 9.68. The first kappa shape index (κ1) is 11.1. The molecule has 0 radical (unpaired) electrons. The number of rotatable bonds is 5. The summed E-state index contributed by atoms with van der Waals surface area (Å²) in [7, 11) is 0. The lowest BCUT2D eigenvalue weighted by molar-refractivity contribution is 0.369. The van der Waals surface area contributed by atoms with Gasteiger partial charge in [-0.05, 0) is 17.8 Å². The summed E-state index contributed by atoms with van der Waals surface area (Å²) >= 11 is 0. The highest BCUT2D eigenvalue weighted by Gasteiger charge is 2.22. The Morgan fingerprint density at radius 1 is 1.15 bits per heavy atom. The molecule has 0 amide bonds. The summed E-state index contributed by atoms with van der Waals surface area (Å²) in [5.74, 6) is 3.01. The lowest BCUT2D eigenvalue weighted by Crippen LogP contribution is -2.03. The van der Waals surface area contributed by atoms with Crippen LogP contribution in [0.25, 0.3) is 0 Å². The van der Waals surface area contributed by atoms with Crippen LogP contribution >= 0.6 is 0 Å². The lowest BCUT2D eigenvalue weighted by atomic mass is 9.91. The maximum absolute atomic E-state index is 2.44. The Hall–Kier alpha value is 0. The van der Waals surface area contributed by atoms with E-state index < -0.39 is 0 Å². The summed E-state index contributed by atoms with van der Waals surface area (Å²) in [6.07, 6.45) is 10.4. The fraction of sp³-hybridized carbons (Fsp3) is 1.00. The molecular formula is C13H26. The molecule has 0 N–H and O–H groups in total. The van der Waals surface area contributed by atoms with Gasteiger partial charge in [0, 0.05) is 0 Å². The second kappa shape index (κ2) is 5.67. The molecule has 1 unspecified atom stereocenters. The summed E-state index contributed by atoms with van der Waals surface area (Å²) in [5, 5.41) is 0. The van der Waals surface area contributed by atoms with E-state index >= 15 is 0 Å². The molecule has 1 saturated carbocycles. The minimum atomic E-state index is 0.904. The number of unbranched alkanes of at least 4 members (excludes halogenated alkanes) is 1. The molecular weight excluding hydrogens is 156 g/mol. The average Bonchev–Trinajstić information content (AvgIpc) is 2.45. The third-order valence-electron chi connectivity index (χ3n) is 3.65. The van der Waals surface area contributed by atoms with Crippen LogP contribution in [0.1, 0.15) is 65.7 Å². The molecule has 0 aromatic rings. The van der Waals surface area contributed by atoms with E-state index in [2.05, 4.69) is 20.8 Å². The van der Waals surface area contributed by atoms with Crippen molar-refractivity contribution < 1.29 is 0 Å². The van der Waals surface area contributed by atoms with Gasteiger partial charge in [0.15, 0.2) is 0 Å². The molecule has 0 aromatic heterocycles. The van der Waals surface area contributed by atoms with Gasteiger partial charge in [0.25, 0.3) is 0 Å². The largest absolute Gasteiger partial charge is 0.0628 e. The van der Waals surface area contributed by atoms with Crippen LogP contribution < -0.4 is 0 Å². The fourth-order valence-corrected chi connectivity index (χ4v) is 2.61. The predicted octanol–water partition coefficient (Wildman–Crippen LogP) is 4.64. The highest BCUT2D eigenvalue weighted by Crippen LogP contribution is 2.34. The van der Waals surface area contributed by atoms with Crippen molar-refractivity contribution in [1.82, 2.24) is 0 Å². The third kappa shape index (κ3) is 4.15. The summed E-state index contributed by atoms with van der Waals surface area (Å²) in [5.41, 5.74) is 0. The highest BCUT2D eigenvalue weighted by molar-refractivity contribution is 4.73. The van der Waals surface area contributed by atoms with Gasteiger partial charge in [-0.25, -0.2) is 0 Å². The van der Waals surface area contributed by atoms with Gasteiger partial charge >= 0.3 is 0 Å². The molecule has 2 atom stereocenters. The molecule has 13 heavy (non-hydrogen) atoms. The Balaban J connectivity index is 1.99. The lowest BCUT2D eigenvalue weighted by Gasteiger charge is -2.14. The van der Waals surface area contributed by atoms with Gasteiger partial charge in [0.05, 0.1) is 0 Å². The van der Waals surface area contributed by atoms with Crippen molar-refractivity contribution in [3.63, 3.8) is 0 Å². The van der Waals surface area contributed by atoms with Crippen LogP contribution in [0.4, 0.5) is 0 Å². The van der Waals surface area contributed by atoms with Crippen LogP contribution in [0.3, 0.4) is 0 Å². The van der Waals surface area contributed by atoms with Gasteiger partial charge in [-0.1, -0.05) is 65.7 Å². The highest BCUT2D eigenvalue weighted by atomic mass is 14.3. The van der Waals surface area contributed by atoms with Gasteiger partial charge < -0.3 is 0 Å². The zero-order chi connectivity index (χ0) is 9.68. The van der Waals surface area contributed by atoms with Gasteiger partial charge in [-0.3, -0.25) is 0 Å². The molecule has 0 aromatic carbocycles. The minimum Gasteiger partial charge on any atom is -0.0628 e. The fourth-order valence-electron chi connectivity index (χ4n) is 2.61. The van der Waals surface area contributed by atoms with E-state index in [0.717, 1.165) is 17.8 Å². The van der Waals surface area contributed by atoms with Crippen LogP contribution in [0, 0.1) is 17.8 Å². The summed E-state index contributed by atoms with van der Waals surface area (Å²) in [4.78, 5) is 0. The van der Waals surface area contributed by atoms with Gasteiger partial charge in [0.1, 0.15) is 0 Å². The second-order valence-electron chi connectivity index (χ2n) is 5.35. The van der Waals surface area contributed by atoms with Crippen LogP contribution in [-0.2, 0) is 0 Å². The summed E-state index contributed by atoms with van der Waals surface area (Å²) < 4.78 is 0. The summed E-state index contributed by atoms with van der Waals surface area (Å²) in [6, 6.07) is 0. The first-order chi connectivity index (χ1) is 6.20. The molecule has 1 rings (SSSR count). The van der Waals surface area contributed by atoms with Crippen molar-refractivity contribution in [2.24, 2.45) is 17.8 Å². The molecule has 0 nitrogen and oxygen atoms in total. The van der Waals surface area contributed by atoms with Crippen LogP contribution in [0.2, 0.25) is 0 Å². The van der Waals surface area contributed by atoms with Crippen LogP contribution in [-0.4, -0.2) is 0 Å². The quantitative estimate of drug-likeness (QED) is 0.543. The van der Waals surface area contributed by atoms with Gasteiger partial charge in [-0.15, -0.1) is 0 Å². The molecule has 0 aliphatic heterocycles. The normalized spacial score (nSPS) is 28.6. The SMILES string of the molecule is CC(C)CCCCC1CCC[C@H]1C. The van der Waals surface area contributed by atoms with Crippen molar-refractivity contribution >= 4 is 0 Å². The smallest absolute Gasteiger partial charge is 0.0388 e. The first-order valence-corrected chi connectivity index (χ1v) is 6.20. The molecule has 0 bridgehead atoms. The Morgan fingerprint density at radius 2 is 1.92 bits per heavy atom. The topological polar surface area (TPSA) is 0 Å². The summed E-state index contributed by atoms with van der Waals surface area (Å²) in [6.45, 7) is 7.11. The minimum absolute atomic E-state index is 0.904. The average molecular weight is 182 g/mol. The molecule has 1 aliphatic rings. The van der Waals surface area contributed by atoms with Crippen LogP contribution in [0.15, 0.2) is 0 Å². The predicted molar refractivity (Wildman–Crippen MR) is 59.8 cm³/mol. The Kier molecular flexibility index (Phi) is 4.83. The Morgan fingerprint density at radius 3 is 2.46 bits per heavy atom. The van der Waals surface area contributed by atoms with E-state index in [1.807, 2.05) is 0 Å². The van der Waals surface area contributed by atoms with Crippen molar-refractivity contribution in [1.29, 1.82) is 0 Å². The van der Waals surface area contributed by atoms with E-state index in [1.165, 1.54) is 44.9 Å². The van der Waals surface area contributed by atoms with E-state index in [-0.39, 0.29) is 0 Å². The monoisotopic (exact) mass is 182 g/mol. The van der Waals surface area contributed by atoms with Crippen molar-refractivity contribution in [3.05, 3.63) is 0 Å². The van der Waals surface area contributed by atoms with Crippen LogP contribution in [0.5, 0.6) is 0 Å². The zero-order valence-corrected chi connectivity index (χ0v) is 9.68. The van der Waals surface area contributed by atoms with Gasteiger partial charge in [-0.2, -0.15) is 0 Å². The standard InChI is InChI=1S/C13H26/c1-11(2)7-4-5-9-13-10-6-8-12(13)3/h11-13H,4-10H2,1-3H3/t12-,13?/m1/s1. The molecule has 0 saturated heterocycles. The number of hydrogen-bond acceptors (Lipinski definition) is 0. The first-order valence-electron chi connectivity index (χ1n) is 6.20. The molecule has 1 fully saturated rings. The Labute approximate surface area is 84.1 Å². The number of hydrogen-bond donors (Lipinski definition) is 0. The van der Waals surface area contributed by atoms with Crippen molar-refractivity contribution in [3.8, 4) is 0 Å². The van der Waals surface area contributed by atoms with Crippen molar-refractivity contribution in [2.45, 2.75) is 65.7 Å². The van der Waals surface area contributed by atoms with E-state index in [9.17, 15) is 0 Å². The third-order valence-corrected chi connectivity index (χ3v) is 3.65. The molecule has 1 aliphatic carbocycles. The molecule has 0 heteroatoms. The Bertz CT molecular complexity index is 126.